The van der Waals surface area contributed by atoms with Crippen molar-refractivity contribution in [1.29, 1.82) is 0 Å². The van der Waals surface area contributed by atoms with E-state index in [1.54, 1.807) is 0 Å². The Bertz CT molecular complexity index is 357. The van der Waals surface area contributed by atoms with Crippen LogP contribution >= 0.6 is 35.3 Å². The van der Waals surface area contributed by atoms with E-state index >= 15 is 0 Å². The number of carbonyl (C=O) groups is 1. The van der Waals surface area contributed by atoms with Gasteiger partial charge in [0.1, 0.15) is 0 Å². The molecule has 1 rings (SSSR count). The topological polar surface area (TPSA) is 55.1 Å². The van der Waals surface area contributed by atoms with Crippen LogP contribution in [0, 0.1) is 5.92 Å². The zero-order valence-corrected chi connectivity index (χ0v) is 12.3. The van der Waals surface area contributed by atoms with Crippen LogP contribution < -0.4 is 11.1 Å². The zero-order chi connectivity index (χ0) is 12.1. The molecule has 0 saturated carbocycles. The molecule has 0 aliphatic heterocycles. The second kappa shape index (κ2) is 7.93. The summed E-state index contributed by atoms with van der Waals surface area (Å²) in [6.45, 7) is 5.09. The van der Waals surface area contributed by atoms with Gasteiger partial charge < -0.3 is 11.1 Å². The molecule has 0 bridgehead atoms. The maximum absolute atomic E-state index is 11.8. The van der Waals surface area contributed by atoms with Gasteiger partial charge in [-0.25, -0.2) is 0 Å². The van der Waals surface area contributed by atoms with E-state index in [9.17, 15) is 4.79 Å². The molecule has 0 radical (unpaired) electrons. The van der Waals surface area contributed by atoms with Crippen molar-refractivity contribution in [3.05, 3.63) is 21.3 Å². The van der Waals surface area contributed by atoms with Gasteiger partial charge in [-0.2, -0.15) is 0 Å². The number of carbonyl (C=O) groups excluding carboxylic acids is 1. The van der Waals surface area contributed by atoms with Crippen LogP contribution in [0.3, 0.4) is 0 Å². The molecule has 17 heavy (non-hydrogen) atoms. The number of hydrogen-bond acceptors (Lipinski definition) is 3. The van der Waals surface area contributed by atoms with Crippen molar-refractivity contribution in [3.63, 3.8) is 0 Å². The molecule has 0 aliphatic rings. The second-order valence-corrected chi connectivity index (χ2v) is 5.70. The molecule has 3 N–H and O–H groups in total. The van der Waals surface area contributed by atoms with Crippen LogP contribution in [0.5, 0.6) is 0 Å². The van der Waals surface area contributed by atoms with Gasteiger partial charge >= 0.3 is 0 Å². The normalized spacial score (nSPS) is 13.6. The van der Waals surface area contributed by atoms with E-state index in [1.807, 2.05) is 26.0 Å². The van der Waals surface area contributed by atoms with Gasteiger partial charge in [0.25, 0.3) is 0 Å². The van der Waals surface area contributed by atoms with E-state index < -0.39 is 0 Å². The van der Waals surface area contributed by atoms with Gasteiger partial charge in [-0.05, 0) is 31.5 Å². The fraction of sp³-hybridized carbons (Fsp3) is 0.545. The SMILES string of the molecule is CC(CN)CNC(=O)C(C)c1ccc(Cl)s1.Cl. The van der Waals surface area contributed by atoms with Crippen LogP contribution in [0.4, 0.5) is 0 Å². The molecule has 2 atom stereocenters. The van der Waals surface area contributed by atoms with Crippen molar-refractivity contribution in [1.82, 2.24) is 5.32 Å². The van der Waals surface area contributed by atoms with Crippen LogP contribution in [0.1, 0.15) is 24.6 Å². The van der Waals surface area contributed by atoms with E-state index in [0.717, 1.165) is 4.88 Å². The predicted molar refractivity (Wildman–Crippen MR) is 76.2 cm³/mol. The highest BCUT2D eigenvalue weighted by atomic mass is 35.5. The first-order valence-corrected chi connectivity index (χ1v) is 6.47. The van der Waals surface area contributed by atoms with E-state index in [1.165, 1.54) is 11.3 Å². The summed E-state index contributed by atoms with van der Waals surface area (Å²) in [7, 11) is 0. The van der Waals surface area contributed by atoms with Crippen molar-refractivity contribution in [2.45, 2.75) is 19.8 Å². The highest BCUT2D eigenvalue weighted by molar-refractivity contribution is 7.16. The summed E-state index contributed by atoms with van der Waals surface area (Å²) >= 11 is 7.27. The minimum atomic E-state index is -0.150. The Kier molecular flexibility index (Phi) is 7.79. The van der Waals surface area contributed by atoms with Crippen molar-refractivity contribution >= 4 is 41.3 Å². The summed E-state index contributed by atoms with van der Waals surface area (Å²) in [6, 6.07) is 3.71. The number of rotatable bonds is 5. The number of halogens is 2. The lowest BCUT2D eigenvalue weighted by Crippen LogP contribution is -2.33. The van der Waals surface area contributed by atoms with Gasteiger partial charge in [0.15, 0.2) is 0 Å². The second-order valence-electron chi connectivity index (χ2n) is 3.95. The number of nitrogens with one attached hydrogen (secondary N) is 1. The molecule has 1 heterocycles. The van der Waals surface area contributed by atoms with Crippen LogP contribution in [0.2, 0.25) is 4.34 Å². The van der Waals surface area contributed by atoms with Crippen LogP contribution in [0.15, 0.2) is 12.1 Å². The summed E-state index contributed by atoms with van der Waals surface area (Å²) in [5.41, 5.74) is 5.48. The first kappa shape index (κ1) is 16.7. The largest absolute Gasteiger partial charge is 0.355 e. The lowest BCUT2D eigenvalue weighted by atomic mass is 10.1. The number of nitrogens with two attached hydrogens (primary N) is 1. The third-order valence-electron chi connectivity index (χ3n) is 2.44. The third-order valence-corrected chi connectivity index (χ3v) is 3.86. The van der Waals surface area contributed by atoms with E-state index in [-0.39, 0.29) is 24.2 Å². The lowest BCUT2D eigenvalue weighted by molar-refractivity contribution is -0.122. The molecule has 0 aromatic carbocycles. The molecular formula is C11H18Cl2N2OS. The molecular weight excluding hydrogens is 279 g/mol. The Balaban J connectivity index is 0.00000256. The maximum Gasteiger partial charge on any atom is 0.228 e. The smallest absolute Gasteiger partial charge is 0.228 e. The van der Waals surface area contributed by atoms with Gasteiger partial charge in [-0.3, -0.25) is 4.79 Å². The summed E-state index contributed by atoms with van der Waals surface area (Å²) in [5, 5.41) is 2.89. The quantitative estimate of drug-likeness (QED) is 0.878. The minimum Gasteiger partial charge on any atom is -0.355 e. The summed E-state index contributed by atoms with van der Waals surface area (Å²) in [5.74, 6) is 0.185. The van der Waals surface area contributed by atoms with Gasteiger partial charge in [0, 0.05) is 11.4 Å². The Hall–Kier alpha value is -0.290. The van der Waals surface area contributed by atoms with Gasteiger partial charge in [0.05, 0.1) is 10.3 Å². The van der Waals surface area contributed by atoms with Crippen molar-refractivity contribution in [2.24, 2.45) is 11.7 Å². The zero-order valence-electron chi connectivity index (χ0n) is 9.90. The third kappa shape index (κ3) is 5.25. The minimum absolute atomic E-state index is 0. The fourth-order valence-electron chi connectivity index (χ4n) is 1.20. The van der Waals surface area contributed by atoms with Gasteiger partial charge in [-0.1, -0.05) is 18.5 Å². The molecule has 1 amide bonds. The molecule has 6 heteroatoms. The average molecular weight is 297 g/mol. The Morgan fingerprint density at radius 3 is 2.65 bits per heavy atom. The monoisotopic (exact) mass is 296 g/mol. The highest BCUT2D eigenvalue weighted by Crippen LogP contribution is 2.27. The van der Waals surface area contributed by atoms with Crippen molar-refractivity contribution < 1.29 is 4.79 Å². The first-order valence-electron chi connectivity index (χ1n) is 5.27. The fourth-order valence-corrected chi connectivity index (χ4v) is 2.31. The summed E-state index contributed by atoms with van der Waals surface area (Å²) < 4.78 is 0.713. The molecule has 2 unspecified atom stereocenters. The van der Waals surface area contributed by atoms with Crippen molar-refractivity contribution in [3.8, 4) is 0 Å². The summed E-state index contributed by atoms with van der Waals surface area (Å²) in [4.78, 5) is 12.8. The van der Waals surface area contributed by atoms with Gasteiger partial charge in [0.2, 0.25) is 5.91 Å². The Labute approximate surface area is 117 Å². The standard InChI is InChI=1S/C11H17ClN2OS.ClH/c1-7(5-13)6-14-11(15)8(2)9-3-4-10(12)16-9;/h3-4,7-8H,5-6,13H2,1-2H3,(H,14,15);1H. The first-order chi connectivity index (χ1) is 7.54. The maximum atomic E-state index is 11.8. The number of hydrogen-bond donors (Lipinski definition) is 2. The predicted octanol–water partition coefficient (Wildman–Crippen LogP) is 2.64. The van der Waals surface area contributed by atoms with Crippen LogP contribution in [-0.2, 0) is 4.79 Å². The lowest BCUT2D eigenvalue weighted by Gasteiger charge is -2.13. The van der Waals surface area contributed by atoms with Crippen LogP contribution in [-0.4, -0.2) is 19.0 Å². The Morgan fingerprint density at radius 1 is 1.53 bits per heavy atom. The van der Waals surface area contributed by atoms with Crippen molar-refractivity contribution in [2.75, 3.05) is 13.1 Å². The number of thiophene rings is 1. The van der Waals surface area contributed by atoms with Crippen LogP contribution in [0.25, 0.3) is 0 Å². The van der Waals surface area contributed by atoms with E-state index in [0.29, 0.717) is 23.3 Å². The van der Waals surface area contributed by atoms with E-state index in [4.69, 9.17) is 17.3 Å². The molecule has 3 nitrogen and oxygen atoms in total. The molecule has 0 fully saturated rings. The number of amides is 1. The average Bonchev–Trinajstić information content (AvgIpc) is 2.71. The molecule has 0 saturated heterocycles. The molecule has 98 valence electrons. The highest BCUT2D eigenvalue weighted by Gasteiger charge is 2.17. The van der Waals surface area contributed by atoms with Gasteiger partial charge in [-0.15, -0.1) is 23.7 Å². The summed E-state index contributed by atoms with van der Waals surface area (Å²) in [6.07, 6.45) is 0. The molecule has 0 aliphatic carbocycles. The Morgan fingerprint density at radius 2 is 2.18 bits per heavy atom. The molecule has 1 aromatic heterocycles. The van der Waals surface area contributed by atoms with E-state index in [2.05, 4.69) is 5.32 Å². The molecule has 0 spiro atoms. The molecule has 1 aromatic rings.